The number of hydrogen-bond acceptors (Lipinski definition) is 0. The van der Waals surface area contributed by atoms with E-state index in [1.807, 2.05) is 41.5 Å². The van der Waals surface area contributed by atoms with Gasteiger partial charge in [0, 0.05) is 0 Å². The molecule has 0 heterocycles. The van der Waals surface area contributed by atoms with Crippen molar-refractivity contribution in [3.05, 3.63) is 35.4 Å². The largest absolute Gasteiger partial charge is 0.0776 e. The van der Waals surface area contributed by atoms with Crippen LogP contribution in [0.2, 0.25) is 0 Å². The molecular formula is C16H34. The molecule has 0 aromatic heterocycles. The minimum Gasteiger partial charge on any atom is -0.0776 e. The Balaban J connectivity index is -0.0000000900. The van der Waals surface area contributed by atoms with Crippen molar-refractivity contribution in [1.29, 1.82) is 0 Å². The lowest BCUT2D eigenvalue weighted by molar-refractivity contribution is 1.14. The van der Waals surface area contributed by atoms with E-state index >= 15 is 0 Å². The van der Waals surface area contributed by atoms with E-state index in [4.69, 9.17) is 0 Å². The molecule has 0 radical (unpaired) electrons. The molecule has 16 heavy (non-hydrogen) atoms. The van der Waals surface area contributed by atoms with E-state index in [0.29, 0.717) is 0 Å². The maximum absolute atomic E-state index is 2.18. The van der Waals surface area contributed by atoms with Crippen LogP contribution < -0.4 is 0 Å². The Morgan fingerprint density at radius 1 is 0.750 bits per heavy atom. The molecule has 1 aromatic rings. The second kappa shape index (κ2) is 23.8. The predicted octanol–water partition coefficient (Wildman–Crippen LogP) is 6.27. The molecule has 0 saturated heterocycles. The first-order valence-corrected chi connectivity index (χ1v) is 6.38. The molecule has 0 spiro atoms. The molecule has 0 atom stereocenters. The van der Waals surface area contributed by atoms with E-state index < -0.39 is 0 Å². The number of benzene rings is 1. The summed E-state index contributed by atoms with van der Waals surface area (Å²) in [5, 5.41) is 0. The highest BCUT2D eigenvalue weighted by atomic mass is 13.9. The fraction of sp³-hybridized carbons (Fsp3) is 0.625. The van der Waals surface area contributed by atoms with E-state index in [0.717, 1.165) is 6.42 Å². The Labute approximate surface area is 105 Å². The predicted molar refractivity (Wildman–Crippen MR) is 81.3 cm³/mol. The van der Waals surface area contributed by atoms with E-state index in [1.54, 1.807) is 0 Å². The van der Waals surface area contributed by atoms with Gasteiger partial charge in [-0.1, -0.05) is 85.7 Å². The Hall–Kier alpha value is -0.780. The molecule has 0 unspecified atom stereocenters. The van der Waals surface area contributed by atoms with Crippen LogP contribution in [-0.4, -0.2) is 0 Å². The fourth-order valence-electron chi connectivity index (χ4n) is 0.824. The minimum atomic E-state index is 0. The smallest absolute Gasteiger partial charge is 0.0307 e. The van der Waals surface area contributed by atoms with Crippen LogP contribution in [0.25, 0.3) is 0 Å². The molecule has 0 aliphatic carbocycles. The molecule has 0 heteroatoms. The van der Waals surface area contributed by atoms with E-state index in [2.05, 4.69) is 38.1 Å². The summed E-state index contributed by atoms with van der Waals surface area (Å²) in [6, 6.07) is 8.66. The third-order valence-electron chi connectivity index (χ3n) is 1.53. The minimum absolute atomic E-state index is 0. The number of hydrogen-bond donors (Lipinski definition) is 0. The molecule has 0 fully saturated rings. The Morgan fingerprint density at radius 2 is 1.06 bits per heavy atom. The number of rotatable bonds is 1. The molecule has 98 valence electrons. The SMILES string of the molecule is C.CC.CC.CC.CCc1ccc(C)cc1. The summed E-state index contributed by atoms with van der Waals surface area (Å²) < 4.78 is 0. The van der Waals surface area contributed by atoms with Gasteiger partial charge >= 0.3 is 0 Å². The van der Waals surface area contributed by atoms with Gasteiger partial charge in [0.05, 0.1) is 0 Å². The third kappa shape index (κ3) is 15.7. The highest BCUT2D eigenvalue weighted by Gasteiger charge is 1.84. The normalized spacial score (nSPS) is 6.50. The summed E-state index contributed by atoms with van der Waals surface area (Å²) >= 11 is 0. The van der Waals surface area contributed by atoms with Gasteiger partial charge in [-0.05, 0) is 18.9 Å². The van der Waals surface area contributed by atoms with Crippen molar-refractivity contribution in [2.24, 2.45) is 0 Å². The van der Waals surface area contributed by atoms with Gasteiger partial charge in [-0.15, -0.1) is 0 Å². The van der Waals surface area contributed by atoms with Crippen molar-refractivity contribution in [2.75, 3.05) is 0 Å². The van der Waals surface area contributed by atoms with Crippen molar-refractivity contribution >= 4 is 0 Å². The van der Waals surface area contributed by atoms with Crippen LogP contribution in [0.3, 0.4) is 0 Å². The third-order valence-corrected chi connectivity index (χ3v) is 1.53. The van der Waals surface area contributed by atoms with E-state index in [1.165, 1.54) is 11.1 Å². The van der Waals surface area contributed by atoms with Crippen LogP contribution in [-0.2, 0) is 6.42 Å². The molecule has 0 amide bonds. The molecule has 0 saturated carbocycles. The summed E-state index contributed by atoms with van der Waals surface area (Å²) in [7, 11) is 0. The average molecular weight is 226 g/mol. The van der Waals surface area contributed by atoms with Crippen LogP contribution in [0.15, 0.2) is 24.3 Å². The van der Waals surface area contributed by atoms with Crippen molar-refractivity contribution < 1.29 is 0 Å². The molecule has 0 N–H and O–H groups in total. The zero-order valence-corrected chi connectivity index (χ0v) is 12.0. The maximum Gasteiger partial charge on any atom is -0.0307 e. The molecule has 0 aliphatic heterocycles. The first kappa shape index (κ1) is 24.4. The zero-order chi connectivity index (χ0) is 12.7. The lowest BCUT2D eigenvalue weighted by Crippen LogP contribution is -1.77. The van der Waals surface area contributed by atoms with Gasteiger partial charge < -0.3 is 0 Å². The standard InChI is InChI=1S/C9H12.3C2H6.CH4/c1-3-9-6-4-8(2)5-7-9;3*1-2;/h4-7H,3H2,1-2H3;3*1-2H3;1H4. The van der Waals surface area contributed by atoms with Crippen molar-refractivity contribution in [2.45, 2.75) is 69.2 Å². The van der Waals surface area contributed by atoms with Gasteiger partial charge in [-0.3, -0.25) is 0 Å². The number of aryl methyl sites for hydroxylation is 2. The second-order valence-electron chi connectivity index (χ2n) is 2.34. The van der Waals surface area contributed by atoms with Gasteiger partial charge in [0.1, 0.15) is 0 Å². The van der Waals surface area contributed by atoms with Crippen molar-refractivity contribution in [1.82, 2.24) is 0 Å². The fourth-order valence-corrected chi connectivity index (χ4v) is 0.824. The Morgan fingerprint density at radius 3 is 1.31 bits per heavy atom. The van der Waals surface area contributed by atoms with E-state index in [-0.39, 0.29) is 7.43 Å². The summed E-state index contributed by atoms with van der Waals surface area (Å²) in [4.78, 5) is 0. The Bertz CT molecular complexity index is 172. The van der Waals surface area contributed by atoms with Crippen LogP contribution in [0, 0.1) is 6.92 Å². The van der Waals surface area contributed by atoms with Crippen LogP contribution >= 0.6 is 0 Å². The molecule has 0 nitrogen and oxygen atoms in total. The van der Waals surface area contributed by atoms with Gasteiger partial charge in [0.15, 0.2) is 0 Å². The zero-order valence-electron chi connectivity index (χ0n) is 12.0. The van der Waals surface area contributed by atoms with Gasteiger partial charge in [0.2, 0.25) is 0 Å². The summed E-state index contributed by atoms with van der Waals surface area (Å²) in [5.74, 6) is 0. The summed E-state index contributed by atoms with van der Waals surface area (Å²) in [6.07, 6.45) is 1.14. The molecule has 0 aliphatic rings. The van der Waals surface area contributed by atoms with Gasteiger partial charge in [-0.2, -0.15) is 0 Å². The quantitative estimate of drug-likeness (QED) is 0.529. The van der Waals surface area contributed by atoms with Crippen LogP contribution in [0.5, 0.6) is 0 Å². The van der Waals surface area contributed by atoms with Gasteiger partial charge in [-0.25, -0.2) is 0 Å². The van der Waals surface area contributed by atoms with Crippen molar-refractivity contribution in [3.63, 3.8) is 0 Å². The van der Waals surface area contributed by atoms with Crippen molar-refractivity contribution in [3.8, 4) is 0 Å². The monoisotopic (exact) mass is 226 g/mol. The Kier molecular flexibility index (Phi) is 36.4. The first-order chi connectivity index (χ1) is 7.33. The van der Waals surface area contributed by atoms with Crippen LogP contribution in [0.4, 0.5) is 0 Å². The highest BCUT2D eigenvalue weighted by molar-refractivity contribution is 5.20. The molecule has 1 aromatic carbocycles. The topological polar surface area (TPSA) is 0 Å². The van der Waals surface area contributed by atoms with Crippen LogP contribution in [0.1, 0.15) is 67.0 Å². The average Bonchev–Trinajstić information content (AvgIpc) is 2.38. The summed E-state index contributed by atoms with van der Waals surface area (Å²) in [5.41, 5.74) is 2.76. The molecular weight excluding hydrogens is 192 g/mol. The lowest BCUT2D eigenvalue weighted by atomic mass is 10.1. The molecule has 0 bridgehead atoms. The maximum atomic E-state index is 2.18. The highest BCUT2D eigenvalue weighted by Crippen LogP contribution is 2.02. The summed E-state index contributed by atoms with van der Waals surface area (Å²) in [6.45, 7) is 16.3. The second-order valence-corrected chi connectivity index (χ2v) is 2.34. The van der Waals surface area contributed by atoms with E-state index in [9.17, 15) is 0 Å². The lowest BCUT2D eigenvalue weighted by Gasteiger charge is -1.94. The molecule has 1 rings (SSSR count). The van der Waals surface area contributed by atoms with Gasteiger partial charge in [0.25, 0.3) is 0 Å². The first-order valence-electron chi connectivity index (χ1n) is 6.38.